The molecule has 0 saturated carbocycles. The minimum atomic E-state index is -0.835. The average molecular weight is 956 g/mol. The third kappa shape index (κ3) is 54.6. The van der Waals surface area contributed by atoms with Crippen LogP contribution in [0.1, 0.15) is 239 Å². The summed E-state index contributed by atoms with van der Waals surface area (Å²) in [5.41, 5.74) is 0. The molecule has 69 heavy (non-hydrogen) atoms. The van der Waals surface area contributed by atoms with Crippen molar-refractivity contribution in [2.75, 3.05) is 13.2 Å². The normalized spacial score (nSPS) is 13.0. The molecule has 0 rings (SSSR count). The second kappa shape index (κ2) is 56.4. The zero-order valence-electron chi connectivity index (χ0n) is 44.5. The SMILES string of the molecule is CCCCC/C=C\C/C=C\C/C=C\C/C=C\C/C=C\CCC(=O)OC[C@H](COC(=O)CCCCCCCCC/C=C\C/C=C\CCCCC)OC(=O)CCCC/C=C\C/C=C\C/C=C\CCCCC. The molecule has 6 heteroatoms. The van der Waals surface area contributed by atoms with E-state index in [1.807, 2.05) is 6.08 Å². The molecular formula is C63H102O6. The van der Waals surface area contributed by atoms with E-state index in [0.717, 1.165) is 83.5 Å². The molecule has 6 nitrogen and oxygen atoms in total. The Kier molecular flexibility index (Phi) is 53.0. The van der Waals surface area contributed by atoms with Crippen LogP contribution in [0.3, 0.4) is 0 Å². The van der Waals surface area contributed by atoms with E-state index < -0.39 is 6.10 Å². The molecule has 0 N–H and O–H groups in total. The van der Waals surface area contributed by atoms with E-state index in [4.69, 9.17) is 14.2 Å². The van der Waals surface area contributed by atoms with E-state index in [2.05, 4.69) is 136 Å². The predicted octanol–water partition coefficient (Wildman–Crippen LogP) is 18.9. The minimum Gasteiger partial charge on any atom is -0.462 e. The summed E-state index contributed by atoms with van der Waals surface area (Å²) in [4.78, 5) is 38.1. The fraction of sp³-hybridized carbons (Fsp3) is 0.635. The molecule has 0 aliphatic heterocycles. The molecule has 0 saturated heterocycles. The monoisotopic (exact) mass is 955 g/mol. The quantitative estimate of drug-likeness (QED) is 0.0262. The highest BCUT2D eigenvalue weighted by Gasteiger charge is 2.19. The molecule has 0 radical (unpaired) electrons. The van der Waals surface area contributed by atoms with Gasteiger partial charge in [-0.25, -0.2) is 0 Å². The van der Waals surface area contributed by atoms with Gasteiger partial charge in [-0.3, -0.25) is 14.4 Å². The number of esters is 3. The van der Waals surface area contributed by atoms with Crippen LogP contribution in [-0.4, -0.2) is 37.2 Å². The minimum absolute atomic E-state index is 0.124. The highest BCUT2D eigenvalue weighted by molar-refractivity contribution is 5.71. The summed E-state index contributed by atoms with van der Waals surface area (Å²) >= 11 is 0. The third-order valence-corrected chi connectivity index (χ3v) is 11.4. The maximum Gasteiger partial charge on any atom is 0.306 e. The second-order valence-electron chi connectivity index (χ2n) is 18.1. The Morgan fingerprint density at radius 3 is 0.928 bits per heavy atom. The lowest BCUT2D eigenvalue weighted by molar-refractivity contribution is -0.166. The van der Waals surface area contributed by atoms with Crippen molar-refractivity contribution in [2.24, 2.45) is 0 Å². The van der Waals surface area contributed by atoms with Crippen molar-refractivity contribution in [3.8, 4) is 0 Å². The third-order valence-electron chi connectivity index (χ3n) is 11.4. The Balaban J connectivity index is 4.58. The van der Waals surface area contributed by atoms with Crippen molar-refractivity contribution in [3.05, 3.63) is 122 Å². The van der Waals surface area contributed by atoms with Crippen LogP contribution in [-0.2, 0) is 28.6 Å². The molecule has 0 aromatic heterocycles. The Hall–Kier alpha value is -4.19. The van der Waals surface area contributed by atoms with Gasteiger partial charge in [-0.1, -0.05) is 213 Å². The van der Waals surface area contributed by atoms with Crippen LogP contribution in [0.2, 0.25) is 0 Å². The van der Waals surface area contributed by atoms with Crippen molar-refractivity contribution in [1.29, 1.82) is 0 Å². The van der Waals surface area contributed by atoms with E-state index in [0.29, 0.717) is 19.3 Å². The summed E-state index contributed by atoms with van der Waals surface area (Å²) in [5.74, 6) is -1.06. The first-order valence-electron chi connectivity index (χ1n) is 28.0. The van der Waals surface area contributed by atoms with Gasteiger partial charge < -0.3 is 14.2 Å². The van der Waals surface area contributed by atoms with Crippen LogP contribution in [0.4, 0.5) is 0 Å². The van der Waals surface area contributed by atoms with Gasteiger partial charge in [-0.05, 0) is 128 Å². The Labute approximate surface area is 424 Å². The smallest absolute Gasteiger partial charge is 0.306 e. The number of hydrogen-bond acceptors (Lipinski definition) is 6. The molecule has 0 aliphatic carbocycles. The molecule has 0 bridgehead atoms. The Morgan fingerprint density at radius 1 is 0.290 bits per heavy atom. The molecule has 390 valence electrons. The lowest BCUT2D eigenvalue weighted by Crippen LogP contribution is -2.30. The maximum atomic E-state index is 12.8. The van der Waals surface area contributed by atoms with Crippen LogP contribution >= 0.6 is 0 Å². The first kappa shape index (κ1) is 64.8. The van der Waals surface area contributed by atoms with Crippen molar-refractivity contribution < 1.29 is 28.6 Å². The molecule has 0 spiro atoms. The van der Waals surface area contributed by atoms with Gasteiger partial charge in [0.2, 0.25) is 0 Å². The zero-order chi connectivity index (χ0) is 50.0. The largest absolute Gasteiger partial charge is 0.462 e. The molecular weight excluding hydrogens is 853 g/mol. The molecule has 0 aliphatic rings. The number of carbonyl (C=O) groups is 3. The van der Waals surface area contributed by atoms with Gasteiger partial charge in [0, 0.05) is 19.3 Å². The Morgan fingerprint density at radius 2 is 0.551 bits per heavy atom. The van der Waals surface area contributed by atoms with Gasteiger partial charge in [0.1, 0.15) is 13.2 Å². The lowest BCUT2D eigenvalue weighted by atomic mass is 10.1. The first-order chi connectivity index (χ1) is 34.0. The molecule has 0 heterocycles. The fourth-order valence-corrected chi connectivity index (χ4v) is 7.17. The molecule has 0 fully saturated rings. The van der Waals surface area contributed by atoms with Gasteiger partial charge in [-0.2, -0.15) is 0 Å². The van der Waals surface area contributed by atoms with Crippen molar-refractivity contribution in [2.45, 2.75) is 245 Å². The molecule has 0 unspecified atom stereocenters. The second-order valence-corrected chi connectivity index (χ2v) is 18.1. The summed E-state index contributed by atoms with van der Waals surface area (Å²) < 4.78 is 16.7. The topological polar surface area (TPSA) is 78.9 Å². The van der Waals surface area contributed by atoms with Gasteiger partial charge in [-0.15, -0.1) is 0 Å². The standard InChI is InChI=1S/C63H102O6/c1-4-7-10-13-16-19-22-25-28-30-31-33-36-38-41-44-47-50-53-56-62(65)68-59-60(69-63(66)57-54-51-48-45-42-39-34-27-24-21-18-15-12-9-6-3)58-67-61(64)55-52-49-46-43-40-37-35-32-29-26-23-20-17-14-11-8-5-2/h16-21,25-29,31,33-34,38,41-42,45,47,50,60H,4-15,22-24,30,32,35-37,39-40,43-44,46,48-49,51-59H2,1-3H3/b19-16-,20-17-,21-18-,28-25-,29-26-,33-31-,34-27-,41-38-,45-42-,50-47-/t60-/m0/s1. The van der Waals surface area contributed by atoms with Crippen molar-refractivity contribution >= 4 is 17.9 Å². The Bertz CT molecular complexity index is 1470. The predicted molar refractivity (Wildman–Crippen MR) is 297 cm³/mol. The number of hydrogen-bond donors (Lipinski definition) is 0. The summed E-state index contributed by atoms with van der Waals surface area (Å²) in [5, 5.41) is 0. The summed E-state index contributed by atoms with van der Waals surface area (Å²) in [7, 11) is 0. The van der Waals surface area contributed by atoms with E-state index in [9.17, 15) is 14.4 Å². The van der Waals surface area contributed by atoms with E-state index in [1.165, 1.54) is 103 Å². The first-order valence-corrected chi connectivity index (χ1v) is 28.0. The summed E-state index contributed by atoms with van der Waals surface area (Å²) in [6.45, 7) is 6.44. The van der Waals surface area contributed by atoms with Crippen LogP contribution in [0, 0.1) is 0 Å². The highest BCUT2D eigenvalue weighted by atomic mass is 16.6. The van der Waals surface area contributed by atoms with Crippen molar-refractivity contribution in [3.63, 3.8) is 0 Å². The molecule has 1 atom stereocenters. The number of unbranched alkanes of at least 4 members (excludes halogenated alkanes) is 18. The zero-order valence-corrected chi connectivity index (χ0v) is 44.5. The number of ether oxygens (including phenoxy) is 3. The van der Waals surface area contributed by atoms with Crippen LogP contribution in [0.5, 0.6) is 0 Å². The van der Waals surface area contributed by atoms with E-state index in [1.54, 1.807) is 0 Å². The van der Waals surface area contributed by atoms with Crippen molar-refractivity contribution in [1.82, 2.24) is 0 Å². The van der Waals surface area contributed by atoms with Gasteiger partial charge in [0.25, 0.3) is 0 Å². The van der Waals surface area contributed by atoms with E-state index in [-0.39, 0.29) is 44.0 Å². The highest BCUT2D eigenvalue weighted by Crippen LogP contribution is 2.12. The number of rotatable bonds is 49. The average Bonchev–Trinajstić information content (AvgIpc) is 3.35. The molecule has 0 aromatic carbocycles. The maximum absolute atomic E-state index is 12.8. The van der Waals surface area contributed by atoms with Crippen LogP contribution in [0.25, 0.3) is 0 Å². The van der Waals surface area contributed by atoms with Gasteiger partial charge >= 0.3 is 17.9 Å². The van der Waals surface area contributed by atoms with Gasteiger partial charge in [0.05, 0.1) is 0 Å². The fourth-order valence-electron chi connectivity index (χ4n) is 7.17. The number of allylic oxidation sites excluding steroid dienone is 20. The van der Waals surface area contributed by atoms with E-state index >= 15 is 0 Å². The van der Waals surface area contributed by atoms with Gasteiger partial charge in [0.15, 0.2) is 6.10 Å². The molecule has 0 amide bonds. The molecule has 0 aromatic rings. The summed E-state index contributed by atoms with van der Waals surface area (Å²) in [6, 6.07) is 0. The number of carbonyl (C=O) groups excluding carboxylic acids is 3. The lowest BCUT2D eigenvalue weighted by Gasteiger charge is -2.18. The van der Waals surface area contributed by atoms with Crippen LogP contribution < -0.4 is 0 Å². The van der Waals surface area contributed by atoms with Crippen LogP contribution in [0.15, 0.2) is 122 Å². The summed E-state index contributed by atoms with van der Waals surface area (Å²) in [6.07, 6.45) is 77.6.